The number of nitriles is 4. The number of aliphatic imine (C=N–C) groups is 1. The van der Waals surface area contributed by atoms with Crippen LogP contribution < -0.4 is 15.5 Å². The molecule has 0 bridgehead atoms. The molecule has 2 unspecified atom stereocenters. The lowest BCUT2D eigenvalue weighted by molar-refractivity contribution is 0.252. The number of hydrogen-bond acceptors (Lipinski definition) is 13. The van der Waals surface area contributed by atoms with E-state index < -0.39 is 6.10 Å². The molecule has 0 radical (unpaired) electrons. The van der Waals surface area contributed by atoms with Gasteiger partial charge in [0.2, 0.25) is 11.8 Å². The summed E-state index contributed by atoms with van der Waals surface area (Å²) in [6.07, 6.45) is 3.40. The van der Waals surface area contributed by atoms with E-state index in [0.717, 1.165) is 56.0 Å². The van der Waals surface area contributed by atoms with Gasteiger partial charge in [-0.05, 0) is 120 Å². The molecule has 0 fully saturated rings. The highest BCUT2D eigenvalue weighted by Gasteiger charge is 2.35. The molecule has 14 nitrogen and oxygen atoms in total. The van der Waals surface area contributed by atoms with E-state index >= 15 is 0 Å². The third-order valence-corrected chi connectivity index (χ3v) is 13.1. The number of aromatic nitrogens is 4. The van der Waals surface area contributed by atoms with Gasteiger partial charge >= 0.3 is 0 Å². The molecule has 1 aliphatic carbocycles. The number of benzene rings is 7. The van der Waals surface area contributed by atoms with Crippen molar-refractivity contribution < 1.29 is 9.15 Å². The quantitative estimate of drug-likeness (QED) is 0.153. The predicted molar refractivity (Wildman–Crippen MR) is 272 cm³/mol. The molecule has 3 aromatic heterocycles. The van der Waals surface area contributed by atoms with Crippen LogP contribution in [0.2, 0.25) is 0 Å². The largest absolute Gasteiger partial charge is 0.467 e. The second-order valence-electron chi connectivity index (χ2n) is 17.3. The first kappa shape index (κ1) is 41.4. The molecule has 7 aromatic carbocycles. The van der Waals surface area contributed by atoms with Crippen LogP contribution in [0.25, 0.3) is 72.2 Å². The van der Waals surface area contributed by atoms with Gasteiger partial charge in [-0.15, -0.1) is 0 Å². The fourth-order valence-electron chi connectivity index (χ4n) is 9.66. The minimum Gasteiger partial charge on any atom is -0.467 e. The number of fused-ring (bicyclic) bond motifs is 7. The first-order valence-electron chi connectivity index (χ1n) is 22.8. The summed E-state index contributed by atoms with van der Waals surface area (Å²) in [6, 6.07) is 61.2. The Balaban J connectivity index is 0.844. The second-order valence-corrected chi connectivity index (χ2v) is 17.3. The predicted octanol–water partition coefficient (Wildman–Crippen LogP) is 11.2. The topological polar surface area (TPSA) is 201 Å². The molecule has 14 heteroatoms. The lowest BCUT2D eigenvalue weighted by Gasteiger charge is -2.27. The van der Waals surface area contributed by atoms with Crippen molar-refractivity contribution in [3.05, 3.63) is 210 Å². The molecule has 2 N–H and O–H groups in total. The van der Waals surface area contributed by atoms with Gasteiger partial charge in [0, 0.05) is 50.7 Å². The average molecular weight is 929 g/mol. The Morgan fingerprint density at radius 2 is 1.10 bits per heavy atom. The van der Waals surface area contributed by atoms with Gasteiger partial charge in [-0.3, -0.25) is 0 Å². The number of ether oxygens (including phenoxy) is 1. The van der Waals surface area contributed by atoms with Crippen LogP contribution in [0.15, 0.2) is 202 Å². The zero-order chi connectivity index (χ0) is 48.5. The highest BCUT2D eigenvalue weighted by molar-refractivity contribution is 6.10. The van der Waals surface area contributed by atoms with E-state index in [0.29, 0.717) is 45.3 Å². The molecule has 0 spiro atoms. The van der Waals surface area contributed by atoms with Gasteiger partial charge < -0.3 is 29.3 Å². The minimum atomic E-state index is -0.394. The van der Waals surface area contributed by atoms with Gasteiger partial charge in [0.15, 0.2) is 28.4 Å². The number of allylic oxidation sites excluding steroid dienone is 2. The van der Waals surface area contributed by atoms with E-state index in [1.54, 1.807) is 12.1 Å². The monoisotopic (exact) mass is 928 g/mol. The smallest absolute Gasteiger partial charge is 0.227 e. The van der Waals surface area contributed by atoms with Crippen LogP contribution in [-0.2, 0) is 4.74 Å². The van der Waals surface area contributed by atoms with Crippen LogP contribution in [0.3, 0.4) is 0 Å². The van der Waals surface area contributed by atoms with Crippen LogP contribution in [-0.4, -0.2) is 37.6 Å². The first-order chi connectivity index (χ1) is 35.4. The zero-order valence-corrected chi connectivity index (χ0v) is 37.6. The van der Waals surface area contributed by atoms with Crippen molar-refractivity contribution in [3.8, 4) is 52.5 Å². The number of anilines is 3. The van der Waals surface area contributed by atoms with E-state index in [9.17, 15) is 21.0 Å². The fourth-order valence-corrected chi connectivity index (χ4v) is 9.66. The van der Waals surface area contributed by atoms with Crippen molar-refractivity contribution in [2.24, 2.45) is 4.99 Å². The Morgan fingerprint density at radius 1 is 0.514 bits per heavy atom. The van der Waals surface area contributed by atoms with Crippen molar-refractivity contribution in [1.82, 2.24) is 30.2 Å². The van der Waals surface area contributed by atoms with E-state index in [4.69, 9.17) is 19.1 Å². The van der Waals surface area contributed by atoms with Crippen molar-refractivity contribution in [1.29, 1.82) is 21.0 Å². The number of hydrogen-bond donors (Lipinski definition) is 2. The summed E-state index contributed by atoms with van der Waals surface area (Å²) in [5, 5.41) is 46.6. The molecule has 72 heavy (non-hydrogen) atoms. The Bertz CT molecular complexity index is 4160. The number of nitrogens with one attached hydrogen (secondary N) is 2. The molecule has 0 saturated carbocycles. The van der Waals surface area contributed by atoms with Crippen molar-refractivity contribution in [3.63, 3.8) is 0 Å². The number of para-hydroxylation sites is 2. The third kappa shape index (κ3) is 6.84. The van der Waals surface area contributed by atoms with E-state index in [-0.39, 0.29) is 28.8 Å². The molecule has 10 aromatic rings. The van der Waals surface area contributed by atoms with Crippen molar-refractivity contribution in [2.45, 2.75) is 12.1 Å². The lowest BCUT2D eigenvalue weighted by Crippen LogP contribution is -2.36. The van der Waals surface area contributed by atoms with Gasteiger partial charge in [0.1, 0.15) is 41.9 Å². The maximum absolute atomic E-state index is 9.57. The molecule has 3 aliphatic rings. The molecular formula is C58H32N12O2. The minimum absolute atomic E-state index is 0.0459. The molecule has 2 atom stereocenters. The number of rotatable bonds is 7. The van der Waals surface area contributed by atoms with Crippen LogP contribution in [0.5, 0.6) is 0 Å². The van der Waals surface area contributed by atoms with Gasteiger partial charge in [-0.2, -0.15) is 21.0 Å². The third-order valence-electron chi connectivity index (χ3n) is 13.1. The summed E-state index contributed by atoms with van der Waals surface area (Å²) >= 11 is 0. The van der Waals surface area contributed by atoms with Gasteiger partial charge in [-0.25, -0.2) is 19.9 Å². The molecule has 5 heterocycles. The maximum atomic E-state index is 9.57. The van der Waals surface area contributed by atoms with Crippen LogP contribution >= 0.6 is 0 Å². The molecule has 2 aliphatic heterocycles. The number of nitrogens with zero attached hydrogens (tertiary/aromatic N) is 10. The molecule has 336 valence electrons. The van der Waals surface area contributed by atoms with Crippen LogP contribution in [0, 0.1) is 45.3 Å². The van der Waals surface area contributed by atoms with Crippen LogP contribution in [0.4, 0.5) is 17.1 Å². The Hall–Kier alpha value is -10.8. The lowest BCUT2D eigenvalue weighted by atomic mass is 10.00. The molecule has 0 saturated heterocycles. The number of oxazole rings is 1. The maximum Gasteiger partial charge on any atom is 0.227 e. The normalized spacial score (nSPS) is 15.7. The zero-order valence-electron chi connectivity index (χ0n) is 37.6. The van der Waals surface area contributed by atoms with Gasteiger partial charge in [-0.1, -0.05) is 54.6 Å². The second kappa shape index (κ2) is 16.5. The Labute approximate surface area is 409 Å². The Morgan fingerprint density at radius 3 is 1.76 bits per heavy atom. The van der Waals surface area contributed by atoms with E-state index in [1.165, 1.54) is 10.8 Å². The first-order valence-corrected chi connectivity index (χ1v) is 22.8. The molecular weight excluding hydrogens is 897 g/mol. The summed E-state index contributed by atoms with van der Waals surface area (Å²) < 4.78 is 14.9. The van der Waals surface area contributed by atoms with Crippen molar-refractivity contribution in [2.75, 3.05) is 4.90 Å². The van der Waals surface area contributed by atoms with Crippen molar-refractivity contribution >= 4 is 66.9 Å². The summed E-state index contributed by atoms with van der Waals surface area (Å²) in [6.45, 7) is 0. The fraction of sp³-hybridized carbons (Fsp3) is 0.0345. The Kier molecular flexibility index (Phi) is 9.47. The molecule has 13 rings (SSSR count). The summed E-state index contributed by atoms with van der Waals surface area (Å²) in [4.78, 5) is 20.5. The van der Waals surface area contributed by atoms with E-state index in [1.807, 2.05) is 91.0 Å². The van der Waals surface area contributed by atoms with Crippen LogP contribution in [0.1, 0.15) is 17.0 Å². The standard InChI is InChI=1S/C58H32N12O2/c59-29-49-51(31-61)65-45-27-55-47(25-43(45)63-49)67-57(71-55)34-12-19-39(20-13-34)69(40-21-14-35(15-22-40)58-68-48-26-44-46(28-56(48)72-58)66-52(32-62)50(30-60)64-44)38-17-10-33(11-18-38)36-16-23-54-42(24-36)41-8-4-5-9-53(41)70(54)37-6-2-1-3-7-37/h1-28,47,55,63,65H. The SMILES string of the molecule is N#CC1=C(C#N)NC2=CC3OC(c4ccc(N(c5ccc(-c6ccc7c(c6)c6ccccc6n7-c6ccccc6)cc5)c5ccc(-c6nc7cc8nc(C#N)c(C#N)nc8cc7o6)cc5)cc4)=NC3C=C2N1. The summed E-state index contributed by atoms with van der Waals surface area (Å²) in [7, 11) is 0. The highest BCUT2D eigenvalue weighted by atomic mass is 16.5. The molecule has 0 amide bonds. The van der Waals surface area contributed by atoms with E-state index in [2.05, 4.69) is 121 Å². The average Bonchev–Trinajstić information content (AvgIpc) is 4.15. The summed E-state index contributed by atoms with van der Waals surface area (Å²) in [5.41, 5.74) is 13.2. The van der Waals surface area contributed by atoms with Gasteiger partial charge in [0.05, 0.1) is 33.5 Å². The van der Waals surface area contributed by atoms with Gasteiger partial charge in [0.25, 0.3) is 0 Å². The highest BCUT2D eigenvalue weighted by Crippen LogP contribution is 2.40. The summed E-state index contributed by atoms with van der Waals surface area (Å²) in [5.74, 6) is 0.870.